The highest BCUT2D eigenvalue weighted by Gasteiger charge is 2.26. The molecule has 5 atom stereocenters. The molecule has 0 radical (unpaired) electrons. The van der Waals surface area contributed by atoms with Gasteiger partial charge in [0, 0.05) is 61.8 Å². The van der Waals surface area contributed by atoms with Crippen LogP contribution in [-0.4, -0.2) is 158 Å². The van der Waals surface area contributed by atoms with Crippen LogP contribution < -0.4 is 33.2 Å². The van der Waals surface area contributed by atoms with Crippen molar-refractivity contribution in [3.8, 4) is 0 Å². The zero-order chi connectivity index (χ0) is 51.4. The number of thioether (sulfide) groups is 4. The SMILES string of the molecule is CC(=O)NC(CSC(C)(C)C)C(=O)O.CC(C)(C)SCC(CC(=O)CCC(N)C(=O)O)C(=O)NCC(=O)O.CC(C)(C)SCC(N)C(=O)NCC(=O)O.CC(C)(C)SCC(N)C(=O)O. The van der Waals surface area contributed by atoms with Crippen LogP contribution in [0.2, 0.25) is 0 Å². The lowest BCUT2D eigenvalue weighted by atomic mass is 9.99. The van der Waals surface area contributed by atoms with E-state index in [4.69, 9.17) is 42.7 Å². The Morgan fingerprint density at radius 2 is 0.859 bits per heavy atom. The highest BCUT2D eigenvalue weighted by atomic mass is 32.2. The van der Waals surface area contributed by atoms with Crippen molar-refractivity contribution in [2.24, 2.45) is 23.1 Å². The normalized spacial score (nSPS) is 13.8. The van der Waals surface area contributed by atoms with Crippen molar-refractivity contribution in [3.63, 3.8) is 0 Å². The number of nitrogens with two attached hydrogens (primary N) is 3. The third-order valence-electron chi connectivity index (χ3n) is 6.85. The lowest BCUT2D eigenvalue weighted by Gasteiger charge is -2.22. The first kappa shape index (κ1) is 67.3. The molecule has 0 aliphatic carbocycles. The molecule has 0 fully saturated rings. The summed E-state index contributed by atoms with van der Waals surface area (Å²) in [5.41, 5.74) is 16.2. The topological polar surface area (TPSA) is 369 Å². The number of nitrogens with one attached hydrogen (secondary N) is 3. The molecule has 0 aromatic heterocycles. The van der Waals surface area contributed by atoms with Gasteiger partial charge < -0.3 is 58.7 Å². The minimum atomic E-state index is -1.18. The summed E-state index contributed by atoms with van der Waals surface area (Å²) < 4.78 is 0.0317. The number of hydrogen-bond acceptors (Lipinski definition) is 16. The molecule has 0 aliphatic heterocycles. The Morgan fingerprint density at radius 1 is 0.500 bits per heavy atom. The second-order valence-corrected chi connectivity index (χ2v) is 25.4. The highest BCUT2D eigenvalue weighted by Crippen LogP contribution is 2.28. The number of hydrogen-bond donors (Lipinski definition) is 11. The van der Waals surface area contributed by atoms with Crippen LogP contribution in [0.15, 0.2) is 0 Å². The summed E-state index contributed by atoms with van der Waals surface area (Å²) >= 11 is 6.15. The quantitative estimate of drug-likeness (QED) is 0.0700. The maximum atomic E-state index is 12.1. The van der Waals surface area contributed by atoms with Gasteiger partial charge in [-0.2, -0.15) is 47.0 Å². The van der Waals surface area contributed by atoms with Gasteiger partial charge in [0.15, 0.2) is 0 Å². The molecule has 0 aromatic rings. The molecular weight excluding hydrogens is 917 g/mol. The molecule has 20 nitrogen and oxygen atoms in total. The van der Waals surface area contributed by atoms with Crippen LogP contribution in [0, 0.1) is 5.92 Å². The molecule has 3 amide bonds. The summed E-state index contributed by atoms with van der Waals surface area (Å²) in [7, 11) is 0. The van der Waals surface area contributed by atoms with Gasteiger partial charge in [-0.3, -0.25) is 38.4 Å². The van der Waals surface area contributed by atoms with E-state index in [2.05, 4.69) is 16.0 Å². The van der Waals surface area contributed by atoms with E-state index in [0.717, 1.165) is 0 Å². The zero-order valence-corrected chi connectivity index (χ0v) is 42.8. The first-order chi connectivity index (χ1) is 28.7. The zero-order valence-electron chi connectivity index (χ0n) is 39.5. The largest absolute Gasteiger partial charge is 0.480 e. The Hall–Kier alpha value is -3.29. The van der Waals surface area contributed by atoms with Gasteiger partial charge in [-0.05, 0) is 6.42 Å². The van der Waals surface area contributed by atoms with Crippen LogP contribution in [0.3, 0.4) is 0 Å². The molecule has 64 heavy (non-hydrogen) atoms. The second kappa shape index (κ2) is 33.2. The molecule has 0 saturated carbocycles. The molecule has 0 rings (SSSR count). The van der Waals surface area contributed by atoms with Gasteiger partial charge in [-0.25, -0.2) is 4.79 Å². The van der Waals surface area contributed by atoms with Crippen molar-refractivity contribution < 1.29 is 68.7 Å². The predicted octanol–water partition coefficient (Wildman–Crippen LogP) is 2.57. The van der Waals surface area contributed by atoms with Crippen molar-refractivity contribution in [3.05, 3.63) is 0 Å². The second-order valence-electron chi connectivity index (χ2n) is 18.0. The van der Waals surface area contributed by atoms with E-state index in [9.17, 15) is 43.2 Å². The Morgan fingerprint density at radius 3 is 1.20 bits per heavy atom. The maximum absolute atomic E-state index is 12.1. The van der Waals surface area contributed by atoms with Gasteiger partial charge in [0.25, 0.3) is 0 Å². The van der Waals surface area contributed by atoms with Crippen LogP contribution >= 0.6 is 47.0 Å². The van der Waals surface area contributed by atoms with Crippen molar-refractivity contribution >= 4 is 100 Å². The van der Waals surface area contributed by atoms with Gasteiger partial charge in [-0.15, -0.1) is 0 Å². The molecule has 0 bridgehead atoms. The molecule has 0 saturated heterocycles. The molecule has 0 aliphatic rings. The van der Waals surface area contributed by atoms with Crippen molar-refractivity contribution in [2.75, 3.05) is 36.1 Å². The molecule has 24 heteroatoms. The number of carboxylic acids is 5. The third-order valence-corrected chi connectivity index (χ3v) is 12.4. The molecule has 0 heterocycles. The summed E-state index contributed by atoms with van der Waals surface area (Å²) in [5, 5.41) is 49.8. The van der Waals surface area contributed by atoms with E-state index >= 15 is 0 Å². The van der Waals surface area contributed by atoms with E-state index in [1.54, 1.807) is 23.5 Å². The number of ketones is 1. The van der Waals surface area contributed by atoms with Crippen LogP contribution in [0.25, 0.3) is 0 Å². The molecule has 0 aromatic carbocycles. The van der Waals surface area contributed by atoms with Gasteiger partial charge in [0.05, 0.1) is 12.0 Å². The number of rotatable bonds is 23. The lowest BCUT2D eigenvalue weighted by Crippen LogP contribution is -2.44. The van der Waals surface area contributed by atoms with E-state index in [1.165, 1.54) is 30.4 Å². The third kappa shape index (κ3) is 48.2. The minimum absolute atomic E-state index is 0.00401. The number of carbonyl (C=O) groups excluding carboxylic acids is 4. The van der Waals surface area contributed by atoms with E-state index < -0.39 is 78.3 Å². The Kier molecular flexibility index (Phi) is 34.9. The predicted molar refractivity (Wildman–Crippen MR) is 257 cm³/mol. The van der Waals surface area contributed by atoms with Gasteiger partial charge in [-0.1, -0.05) is 83.1 Å². The summed E-state index contributed by atoms with van der Waals surface area (Å²) in [6.07, 6.45) is -0.0960. The monoisotopic (exact) mass is 992 g/mol. The molecule has 0 spiro atoms. The van der Waals surface area contributed by atoms with E-state index in [0.29, 0.717) is 23.0 Å². The van der Waals surface area contributed by atoms with Crippen LogP contribution in [0.5, 0.6) is 0 Å². The van der Waals surface area contributed by atoms with Gasteiger partial charge in [0.1, 0.15) is 37.0 Å². The van der Waals surface area contributed by atoms with Gasteiger partial charge >= 0.3 is 29.8 Å². The first-order valence-corrected chi connectivity index (χ1v) is 23.9. The lowest BCUT2D eigenvalue weighted by molar-refractivity contribution is -0.141. The van der Waals surface area contributed by atoms with E-state index in [1.807, 2.05) is 83.1 Å². The summed E-state index contributed by atoms with van der Waals surface area (Å²) in [5.74, 6) is -5.79. The fourth-order valence-corrected chi connectivity index (χ4v) is 7.09. The molecule has 14 N–H and O–H groups in total. The standard InChI is InChI=1S/C15H26N2O6S.C9H18N2O3S.C9H17NO3S.C7H15NO2S/c1-15(2,3)24-8-9(13(21)17-7-12(19)20)6-10(18)4-5-11(16)14(22)23;1-9(2,3)15-5-6(10)8(14)11-4-7(12)13;1-6(11)10-7(8(12)13)5-14-9(2,3)4;1-7(2,3)11-4-5(8)6(9)10/h9,11H,4-8,16H2,1-3H3,(H,17,21)(H,19,20)(H,22,23);6H,4-5,10H2,1-3H3,(H,11,14)(H,12,13);7H,5H2,1-4H3,(H,10,11)(H,12,13);5H,4,8H2,1-3H3,(H,9,10). The molecule has 5 unspecified atom stereocenters. The summed E-state index contributed by atoms with van der Waals surface area (Å²) in [6, 6.07) is -3.30. The Balaban J connectivity index is -0.000000393. The maximum Gasteiger partial charge on any atom is 0.327 e. The van der Waals surface area contributed by atoms with Crippen molar-refractivity contribution in [1.82, 2.24) is 16.0 Å². The summed E-state index contributed by atoms with van der Waals surface area (Å²) in [4.78, 5) is 98.4. The van der Waals surface area contributed by atoms with Crippen molar-refractivity contribution in [2.45, 2.75) is 152 Å². The van der Waals surface area contributed by atoms with E-state index in [-0.39, 0.29) is 56.5 Å². The van der Waals surface area contributed by atoms with Crippen molar-refractivity contribution in [1.29, 1.82) is 0 Å². The number of carboxylic acid groups (broad SMARTS) is 5. The smallest absolute Gasteiger partial charge is 0.327 e. The molecular formula is C40H76N6O14S4. The van der Waals surface area contributed by atoms with Crippen LogP contribution in [0.1, 0.15) is 109 Å². The average molecular weight is 993 g/mol. The average Bonchev–Trinajstić information content (AvgIpc) is 3.12. The first-order valence-electron chi connectivity index (χ1n) is 20.0. The fourth-order valence-electron chi connectivity index (χ4n) is 3.58. The number of amides is 3. The van der Waals surface area contributed by atoms with Gasteiger partial charge in [0.2, 0.25) is 17.7 Å². The fraction of sp³-hybridized carbons (Fsp3) is 0.775. The Bertz CT molecular complexity index is 1500. The number of aliphatic carboxylic acids is 5. The van der Waals surface area contributed by atoms with Crippen LogP contribution in [0.4, 0.5) is 0 Å². The number of carbonyl (C=O) groups is 9. The summed E-state index contributed by atoms with van der Waals surface area (Å²) in [6.45, 7) is 24.5. The molecule has 374 valence electrons. The highest BCUT2D eigenvalue weighted by molar-refractivity contribution is 8.01. The number of Topliss-reactive ketones (excluding diaryl/α,β-unsaturated/α-hetero) is 1. The van der Waals surface area contributed by atoms with Crippen LogP contribution in [-0.2, 0) is 43.2 Å². The Labute approximate surface area is 395 Å². The minimum Gasteiger partial charge on any atom is -0.480 e.